The van der Waals surface area contributed by atoms with Crippen molar-refractivity contribution in [2.75, 3.05) is 18.4 Å². The monoisotopic (exact) mass is 374 g/mol. The molecule has 28 heavy (non-hydrogen) atoms. The van der Waals surface area contributed by atoms with Crippen LogP contribution in [-0.2, 0) is 4.79 Å². The van der Waals surface area contributed by atoms with E-state index in [1.54, 1.807) is 18.3 Å². The Bertz CT molecular complexity index is 1010. The Kier molecular flexibility index (Phi) is 5.02. The molecule has 1 saturated heterocycles. The van der Waals surface area contributed by atoms with Gasteiger partial charge in [-0.15, -0.1) is 0 Å². The van der Waals surface area contributed by atoms with E-state index in [0.717, 1.165) is 35.1 Å². The van der Waals surface area contributed by atoms with Crippen LogP contribution >= 0.6 is 0 Å². The number of rotatable bonds is 3. The van der Waals surface area contributed by atoms with Gasteiger partial charge in [-0.3, -0.25) is 19.6 Å². The molecule has 3 heterocycles. The Balaban J connectivity index is 1.56. The van der Waals surface area contributed by atoms with Crippen molar-refractivity contribution in [1.82, 2.24) is 14.9 Å². The van der Waals surface area contributed by atoms with Crippen molar-refractivity contribution in [2.45, 2.75) is 25.7 Å². The molecule has 0 radical (unpaired) electrons. The van der Waals surface area contributed by atoms with E-state index < -0.39 is 0 Å². The van der Waals surface area contributed by atoms with Gasteiger partial charge in [0.1, 0.15) is 5.69 Å². The third-order valence-corrected chi connectivity index (χ3v) is 5.12. The number of carbonyl (C=O) groups is 2. The molecule has 3 aromatic rings. The van der Waals surface area contributed by atoms with Crippen molar-refractivity contribution < 1.29 is 9.59 Å². The first kappa shape index (κ1) is 18.1. The third kappa shape index (κ3) is 3.71. The number of carbonyl (C=O) groups excluding carboxylic acids is 2. The van der Waals surface area contributed by atoms with Crippen LogP contribution in [0, 0.1) is 0 Å². The lowest BCUT2D eigenvalue weighted by Crippen LogP contribution is -2.38. The van der Waals surface area contributed by atoms with Crippen LogP contribution in [0.4, 0.5) is 5.69 Å². The molecule has 0 saturated carbocycles. The van der Waals surface area contributed by atoms with E-state index in [2.05, 4.69) is 10.3 Å². The number of nitrogens with zero attached hydrogens (tertiary/aromatic N) is 3. The molecule has 1 N–H and O–H groups in total. The van der Waals surface area contributed by atoms with Crippen LogP contribution < -0.4 is 5.32 Å². The molecule has 1 aliphatic rings. The molecule has 6 nitrogen and oxygen atoms in total. The van der Waals surface area contributed by atoms with Crippen molar-refractivity contribution in [3.05, 3.63) is 66.1 Å². The van der Waals surface area contributed by atoms with Crippen molar-refractivity contribution in [3.63, 3.8) is 0 Å². The van der Waals surface area contributed by atoms with Gasteiger partial charge < -0.3 is 10.2 Å². The van der Waals surface area contributed by atoms with Crippen LogP contribution in [0.3, 0.4) is 0 Å². The summed E-state index contributed by atoms with van der Waals surface area (Å²) in [5, 5.41) is 3.93. The highest BCUT2D eigenvalue weighted by Gasteiger charge is 2.27. The minimum Gasteiger partial charge on any atom is -0.337 e. The highest BCUT2D eigenvalue weighted by Crippen LogP contribution is 2.34. The summed E-state index contributed by atoms with van der Waals surface area (Å²) >= 11 is 0. The van der Waals surface area contributed by atoms with E-state index in [9.17, 15) is 9.59 Å². The predicted octanol–water partition coefficient (Wildman–Crippen LogP) is 3.61. The van der Waals surface area contributed by atoms with Crippen molar-refractivity contribution in [3.8, 4) is 0 Å². The summed E-state index contributed by atoms with van der Waals surface area (Å²) in [5.74, 6) is 0.0490. The lowest BCUT2D eigenvalue weighted by atomic mass is 9.91. The van der Waals surface area contributed by atoms with Crippen molar-refractivity contribution in [2.24, 2.45) is 0 Å². The number of hydrogen-bond acceptors (Lipinski definition) is 4. The Hall–Kier alpha value is -3.28. The molecule has 1 aliphatic heterocycles. The van der Waals surface area contributed by atoms with Gasteiger partial charge in [0.2, 0.25) is 5.91 Å². The first-order valence-electron chi connectivity index (χ1n) is 9.49. The minimum absolute atomic E-state index is 0.0346. The number of amides is 2. The van der Waals surface area contributed by atoms with Crippen LogP contribution in [0.5, 0.6) is 0 Å². The molecule has 0 aliphatic carbocycles. The van der Waals surface area contributed by atoms with E-state index in [1.165, 1.54) is 6.92 Å². The Labute approximate surface area is 163 Å². The number of nitrogens with one attached hydrogen (secondary N) is 1. The number of benzene rings is 1. The number of para-hydroxylation sites is 1. The third-order valence-electron chi connectivity index (χ3n) is 5.12. The Morgan fingerprint density at radius 3 is 2.54 bits per heavy atom. The molecule has 6 heteroatoms. The molecule has 1 fully saturated rings. The largest absolute Gasteiger partial charge is 0.337 e. The van der Waals surface area contributed by atoms with Gasteiger partial charge in [-0.05, 0) is 37.1 Å². The van der Waals surface area contributed by atoms with Gasteiger partial charge in [0, 0.05) is 37.5 Å². The minimum atomic E-state index is -0.110. The average Bonchev–Trinajstić information content (AvgIpc) is 2.73. The van der Waals surface area contributed by atoms with E-state index in [4.69, 9.17) is 4.98 Å². The van der Waals surface area contributed by atoms with Gasteiger partial charge in [0.25, 0.3) is 5.91 Å². The van der Waals surface area contributed by atoms with Crippen molar-refractivity contribution in [1.29, 1.82) is 0 Å². The SMILES string of the molecule is CC(=O)Nc1cc2ccccc2nc1C1CCN(C(=O)c2ccccn2)CC1. The standard InChI is InChI=1S/C22H22N4O2/c1-15(27)24-20-14-17-6-2-3-7-18(17)25-21(20)16-9-12-26(13-10-16)22(28)19-8-4-5-11-23-19/h2-8,11,14,16H,9-10,12-13H2,1H3,(H,24,27). The second kappa shape index (κ2) is 7.76. The zero-order chi connectivity index (χ0) is 19.5. The number of aromatic nitrogens is 2. The quantitative estimate of drug-likeness (QED) is 0.760. The van der Waals surface area contributed by atoms with Crippen LogP contribution in [0.15, 0.2) is 54.7 Å². The molecule has 0 bridgehead atoms. The van der Waals surface area contributed by atoms with E-state index >= 15 is 0 Å². The number of hydrogen-bond donors (Lipinski definition) is 1. The number of piperidine rings is 1. The first-order valence-corrected chi connectivity index (χ1v) is 9.49. The lowest BCUT2D eigenvalue weighted by molar-refractivity contribution is -0.114. The van der Waals surface area contributed by atoms with Crippen LogP contribution in [0.1, 0.15) is 41.9 Å². The summed E-state index contributed by atoms with van der Waals surface area (Å²) in [6, 6.07) is 15.3. The fraction of sp³-hybridized carbons (Fsp3) is 0.273. The topological polar surface area (TPSA) is 75.2 Å². The second-order valence-electron chi connectivity index (χ2n) is 7.08. The molecule has 0 unspecified atom stereocenters. The molecule has 2 aromatic heterocycles. The fourth-order valence-corrected chi connectivity index (χ4v) is 3.74. The Morgan fingerprint density at radius 1 is 1.07 bits per heavy atom. The van der Waals surface area contributed by atoms with Gasteiger partial charge in [-0.2, -0.15) is 0 Å². The predicted molar refractivity (Wildman–Crippen MR) is 108 cm³/mol. The number of likely N-dealkylation sites (tertiary alicyclic amines) is 1. The molecular formula is C22H22N4O2. The van der Waals surface area contributed by atoms with Crippen LogP contribution in [-0.4, -0.2) is 39.8 Å². The number of pyridine rings is 2. The first-order chi connectivity index (χ1) is 13.6. The fourth-order valence-electron chi connectivity index (χ4n) is 3.74. The maximum Gasteiger partial charge on any atom is 0.272 e. The van der Waals surface area contributed by atoms with Crippen molar-refractivity contribution >= 4 is 28.4 Å². The molecular weight excluding hydrogens is 352 g/mol. The molecule has 142 valence electrons. The van der Waals surface area contributed by atoms with Gasteiger partial charge in [0.05, 0.1) is 16.9 Å². The van der Waals surface area contributed by atoms with E-state index in [0.29, 0.717) is 18.8 Å². The van der Waals surface area contributed by atoms with Gasteiger partial charge >= 0.3 is 0 Å². The summed E-state index contributed by atoms with van der Waals surface area (Å²) in [4.78, 5) is 35.2. The molecule has 0 spiro atoms. The highest BCUT2D eigenvalue weighted by molar-refractivity contribution is 5.93. The molecule has 1 aromatic carbocycles. The normalized spacial score (nSPS) is 14.8. The smallest absolute Gasteiger partial charge is 0.272 e. The molecule has 0 atom stereocenters. The summed E-state index contributed by atoms with van der Waals surface area (Å²) < 4.78 is 0. The highest BCUT2D eigenvalue weighted by atomic mass is 16.2. The Morgan fingerprint density at radius 2 is 1.82 bits per heavy atom. The maximum absolute atomic E-state index is 12.6. The number of fused-ring (bicyclic) bond motifs is 1. The maximum atomic E-state index is 12.6. The summed E-state index contributed by atoms with van der Waals surface area (Å²) in [7, 11) is 0. The second-order valence-corrected chi connectivity index (χ2v) is 7.08. The van der Waals surface area contributed by atoms with Gasteiger partial charge in [0.15, 0.2) is 0 Å². The van der Waals surface area contributed by atoms with E-state index in [-0.39, 0.29) is 17.7 Å². The lowest BCUT2D eigenvalue weighted by Gasteiger charge is -2.32. The summed E-state index contributed by atoms with van der Waals surface area (Å²) in [6.45, 7) is 2.80. The average molecular weight is 374 g/mol. The number of anilines is 1. The summed E-state index contributed by atoms with van der Waals surface area (Å²) in [5.41, 5.74) is 3.06. The van der Waals surface area contributed by atoms with Crippen LogP contribution in [0.25, 0.3) is 10.9 Å². The summed E-state index contributed by atoms with van der Waals surface area (Å²) in [6.07, 6.45) is 3.24. The molecule has 4 rings (SSSR count). The van der Waals surface area contributed by atoms with Gasteiger partial charge in [-0.25, -0.2) is 0 Å². The van der Waals surface area contributed by atoms with E-state index in [1.807, 2.05) is 41.3 Å². The molecule has 2 amide bonds. The van der Waals surface area contributed by atoms with Crippen LogP contribution in [0.2, 0.25) is 0 Å². The zero-order valence-corrected chi connectivity index (χ0v) is 15.8. The zero-order valence-electron chi connectivity index (χ0n) is 15.8. The van der Waals surface area contributed by atoms with Gasteiger partial charge in [-0.1, -0.05) is 24.3 Å².